The highest BCUT2D eigenvalue weighted by Gasteiger charge is 2.15. The Bertz CT molecular complexity index is 802. The number of benzene rings is 1. The molecule has 0 spiro atoms. The van der Waals surface area contributed by atoms with Crippen LogP contribution in [-0.4, -0.2) is 21.9 Å². The Hall–Kier alpha value is -1.30. The minimum Gasteiger partial charge on any atom is -0.497 e. The molecule has 2 aromatic heterocycles. The molecule has 7 heteroatoms. The third kappa shape index (κ3) is 2.73. The van der Waals surface area contributed by atoms with E-state index < -0.39 is 0 Å². The maximum Gasteiger partial charge on any atom is 0.147 e. The van der Waals surface area contributed by atoms with Crippen LogP contribution in [0.25, 0.3) is 10.9 Å². The summed E-state index contributed by atoms with van der Waals surface area (Å²) < 4.78 is 7.68. The van der Waals surface area contributed by atoms with Crippen molar-refractivity contribution >= 4 is 50.0 Å². The molecule has 0 saturated carbocycles. The molecule has 0 atom stereocenters. The van der Waals surface area contributed by atoms with Crippen LogP contribution in [0, 0.1) is 0 Å². The van der Waals surface area contributed by atoms with Gasteiger partial charge in [-0.1, -0.05) is 35.3 Å². The number of halogens is 3. The fourth-order valence-electron chi connectivity index (χ4n) is 2.08. The van der Waals surface area contributed by atoms with E-state index in [1.165, 1.54) is 0 Å². The van der Waals surface area contributed by atoms with Gasteiger partial charge in [-0.15, -0.1) is 0 Å². The van der Waals surface area contributed by atoms with E-state index in [1.807, 2.05) is 28.9 Å². The molecule has 0 bridgehead atoms. The number of rotatable bonds is 3. The number of hydrogen-bond donors (Lipinski definition) is 0. The van der Waals surface area contributed by atoms with E-state index in [0.717, 1.165) is 22.2 Å². The van der Waals surface area contributed by atoms with E-state index in [-0.39, 0.29) is 0 Å². The first-order valence-corrected chi connectivity index (χ1v) is 7.64. The molecule has 0 aliphatic carbocycles. The molecule has 1 aromatic carbocycles. The van der Waals surface area contributed by atoms with E-state index in [9.17, 15) is 0 Å². The Balaban J connectivity index is 2.04. The lowest BCUT2D eigenvalue weighted by molar-refractivity contribution is 0.414. The Kier molecular flexibility index (Phi) is 4.06. The van der Waals surface area contributed by atoms with Crippen LogP contribution in [-0.2, 0) is 6.54 Å². The number of fused-ring (bicyclic) bond motifs is 1. The van der Waals surface area contributed by atoms with E-state index in [1.54, 1.807) is 13.3 Å². The Labute approximate surface area is 139 Å². The van der Waals surface area contributed by atoms with Crippen LogP contribution < -0.4 is 4.74 Å². The topological polar surface area (TPSA) is 39.9 Å². The summed E-state index contributed by atoms with van der Waals surface area (Å²) in [6.45, 7) is 0.600. The summed E-state index contributed by atoms with van der Waals surface area (Å²) in [5.41, 5.74) is 1.92. The average molecular weight is 387 g/mol. The summed E-state index contributed by atoms with van der Waals surface area (Å²) in [6.07, 6.45) is 1.69. The third-order valence-electron chi connectivity index (χ3n) is 3.14. The molecule has 21 heavy (non-hydrogen) atoms. The highest BCUT2D eigenvalue weighted by atomic mass is 79.9. The second-order valence-electron chi connectivity index (χ2n) is 4.42. The molecular formula is C14H10BrCl2N3O. The molecule has 0 radical (unpaired) electrons. The van der Waals surface area contributed by atoms with E-state index in [4.69, 9.17) is 27.9 Å². The Morgan fingerprint density at radius 2 is 1.90 bits per heavy atom. The summed E-state index contributed by atoms with van der Waals surface area (Å²) >= 11 is 15.6. The molecule has 108 valence electrons. The monoisotopic (exact) mass is 385 g/mol. The van der Waals surface area contributed by atoms with Crippen LogP contribution in [0.15, 0.2) is 34.9 Å². The highest BCUT2D eigenvalue weighted by Crippen LogP contribution is 2.33. The number of aromatic nitrogens is 3. The first-order valence-electron chi connectivity index (χ1n) is 6.09. The molecule has 0 fully saturated rings. The molecule has 0 N–H and O–H groups in total. The standard InChI is InChI=1S/C14H10BrCl2N3O/c1-21-9-4-2-8(3-5-9)7-20-12-10(6-18-20)13(16)19-14(17)11(12)15/h2-6H,7H2,1H3. The molecule has 0 amide bonds. The molecular weight excluding hydrogens is 377 g/mol. The number of ether oxygens (including phenoxy) is 1. The predicted octanol–water partition coefficient (Wildman–Crippen LogP) is 4.56. The Morgan fingerprint density at radius 1 is 1.19 bits per heavy atom. The number of pyridine rings is 1. The zero-order chi connectivity index (χ0) is 15.0. The average Bonchev–Trinajstić information content (AvgIpc) is 2.90. The maximum absolute atomic E-state index is 6.10. The van der Waals surface area contributed by atoms with Crippen molar-refractivity contribution in [2.75, 3.05) is 7.11 Å². The van der Waals surface area contributed by atoms with Crippen molar-refractivity contribution in [1.29, 1.82) is 0 Å². The Morgan fingerprint density at radius 3 is 2.57 bits per heavy atom. The molecule has 3 aromatic rings. The van der Waals surface area contributed by atoms with Gasteiger partial charge in [-0.2, -0.15) is 5.10 Å². The van der Waals surface area contributed by atoms with Crippen molar-refractivity contribution in [3.63, 3.8) is 0 Å². The largest absolute Gasteiger partial charge is 0.497 e. The van der Waals surface area contributed by atoms with Gasteiger partial charge in [-0.05, 0) is 33.6 Å². The molecule has 0 aliphatic heterocycles. The fourth-order valence-corrected chi connectivity index (χ4v) is 3.03. The van der Waals surface area contributed by atoms with E-state index in [2.05, 4.69) is 26.0 Å². The number of hydrogen-bond acceptors (Lipinski definition) is 3. The zero-order valence-electron chi connectivity index (χ0n) is 11.0. The van der Waals surface area contributed by atoms with Gasteiger partial charge in [-0.3, -0.25) is 4.68 Å². The summed E-state index contributed by atoms with van der Waals surface area (Å²) in [5, 5.41) is 5.80. The second kappa shape index (κ2) is 5.83. The lowest BCUT2D eigenvalue weighted by atomic mass is 10.2. The summed E-state index contributed by atoms with van der Waals surface area (Å²) in [5.74, 6) is 0.820. The van der Waals surface area contributed by atoms with Gasteiger partial charge in [0.05, 0.1) is 35.2 Å². The lowest BCUT2D eigenvalue weighted by Crippen LogP contribution is -2.02. The van der Waals surface area contributed by atoms with Crippen molar-refractivity contribution in [3.05, 3.63) is 50.8 Å². The van der Waals surface area contributed by atoms with Crippen LogP contribution in [0.3, 0.4) is 0 Å². The second-order valence-corrected chi connectivity index (χ2v) is 5.93. The van der Waals surface area contributed by atoms with E-state index in [0.29, 0.717) is 21.3 Å². The smallest absolute Gasteiger partial charge is 0.147 e. The minimum absolute atomic E-state index is 0.323. The predicted molar refractivity (Wildman–Crippen MR) is 87.3 cm³/mol. The minimum atomic E-state index is 0.323. The van der Waals surface area contributed by atoms with Crippen molar-refractivity contribution in [1.82, 2.24) is 14.8 Å². The van der Waals surface area contributed by atoms with Crippen molar-refractivity contribution in [2.24, 2.45) is 0 Å². The quantitative estimate of drug-likeness (QED) is 0.619. The van der Waals surface area contributed by atoms with Gasteiger partial charge < -0.3 is 4.74 Å². The zero-order valence-corrected chi connectivity index (χ0v) is 14.1. The first-order chi connectivity index (χ1) is 10.1. The van der Waals surface area contributed by atoms with Gasteiger partial charge in [0.2, 0.25) is 0 Å². The first kappa shape index (κ1) is 14.6. The van der Waals surface area contributed by atoms with Gasteiger partial charge in [0, 0.05) is 0 Å². The van der Waals surface area contributed by atoms with Crippen LogP contribution in [0.1, 0.15) is 5.56 Å². The van der Waals surface area contributed by atoms with Gasteiger partial charge in [0.15, 0.2) is 0 Å². The van der Waals surface area contributed by atoms with Crippen LogP contribution in [0.5, 0.6) is 5.75 Å². The molecule has 2 heterocycles. The van der Waals surface area contributed by atoms with Crippen LogP contribution >= 0.6 is 39.1 Å². The summed E-state index contributed by atoms with van der Waals surface area (Å²) in [6, 6.07) is 7.81. The van der Waals surface area contributed by atoms with Crippen molar-refractivity contribution in [3.8, 4) is 5.75 Å². The molecule has 0 aliphatic rings. The highest BCUT2D eigenvalue weighted by molar-refractivity contribution is 9.10. The summed E-state index contributed by atoms with van der Waals surface area (Å²) in [7, 11) is 1.64. The normalized spacial score (nSPS) is 11.0. The number of nitrogens with zero attached hydrogens (tertiary/aromatic N) is 3. The van der Waals surface area contributed by atoms with E-state index >= 15 is 0 Å². The van der Waals surface area contributed by atoms with Crippen LogP contribution in [0.2, 0.25) is 10.3 Å². The molecule has 4 nitrogen and oxygen atoms in total. The van der Waals surface area contributed by atoms with Crippen molar-refractivity contribution in [2.45, 2.75) is 6.54 Å². The van der Waals surface area contributed by atoms with Gasteiger partial charge in [0.1, 0.15) is 16.1 Å². The number of methoxy groups -OCH3 is 1. The molecule has 0 unspecified atom stereocenters. The molecule has 3 rings (SSSR count). The summed E-state index contributed by atoms with van der Waals surface area (Å²) in [4.78, 5) is 4.06. The van der Waals surface area contributed by atoms with Gasteiger partial charge >= 0.3 is 0 Å². The van der Waals surface area contributed by atoms with Crippen molar-refractivity contribution < 1.29 is 4.74 Å². The van der Waals surface area contributed by atoms with Crippen LogP contribution in [0.4, 0.5) is 0 Å². The lowest BCUT2D eigenvalue weighted by Gasteiger charge is -2.07. The molecule has 0 saturated heterocycles. The van der Waals surface area contributed by atoms with Gasteiger partial charge in [0.25, 0.3) is 0 Å². The van der Waals surface area contributed by atoms with Gasteiger partial charge in [-0.25, -0.2) is 4.98 Å². The maximum atomic E-state index is 6.10. The third-order valence-corrected chi connectivity index (χ3v) is 4.68. The fraction of sp³-hybridized carbons (Fsp3) is 0.143. The SMILES string of the molecule is COc1ccc(Cn2ncc3c(Cl)nc(Cl)c(Br)c32)cc1.